The SMILES string of the molecule is C=C(C)C(=O)Oc1c2c(c(OC(=O)C(=C)C)c3ccccc13)CC(SCCC)=CC2. The third kappa shape index (κ3) is 4.51. The number of thioether (sulfide) groups is 1. The first kappa shape index (κ1) is 21.9. The van der Waals surface area contributed by atoms with Gasteiger partial charge in [0, 0.05) is 39.5 Å². The van der Waals surface area contributed by atoms with Gasteiger partial charge in [-0.15, -0.1) is 11.8 Å². The molecule has 0 aromatic heterocycles. The first-order chi connectivity index (χ1) is 14.3. The third-order valence-corrected chi connectivity index (χ3v) is 6.09. The Kier molecular flexibility index (Phi) is 6.83. The lowest BCUT2D eigenvalue weighted by Gasteiger charge is -2.24. The van der Waals surface area contributed by atoms with Crippen molar-refractivity contribution in [2.24, 2.45) is 0 Å². The van der Waals surface area contributed by atoms with E-state index in [1.165, 1.54) is 4.91 Å². The van der Waals surface area contributed by atoms with E-state index >= 15 is 0 Å². The Morgan fingerprint density at radius 3 is 2.00 bits per heavy atom. The van der Waals surface area contributed by atoms with Gasteiger partial charge in [0.25, 0.3) is 0 Å². The topological polar surface area (TPSA) is 52.6 Å². The van der Waals surface area contributed by atoms with Crippen molar-refractivity contribution >= 4 is 34.5 Å². The van der Waals surface area contributed by atoms with Crippen LogP contribution in [0.1, 0.15) is 38.3 Å². The first-order valence-electron chi connectivity index (χ1n) is 9.97. The lowest BCUT2D eigenvalue weighted by Crippen LogP contribution is -2.16. The standard InChI is InChI=1S/C25H26O4S/c1-6-13-30-17-11-12-20-21(14-17)23(29-25(27)16(4)5)19-10-8-7-9-18(19)22(20)28-24(26)15(2)3/h7-11H,2,4,6,12-14H2,1,3,5H3. The molecule has 2 aromatic rings. The van der Waals surface area contributed by atoms with Crippen LogP contribution < -0.4 is 9.47 Å². The van der Waals surface area contributed by atoms with Crippen LogP contribution in [0.4, 0.5) is 0 Å². The molecule has 4 nitrogen and oxygen atoms in total. The van der Waals surface area contributed by atoms with Crippen molar-refractivity contribution in [1.82, 2.24) is 0 Å². The average Bonchev–Trinajstić information content (AvgIpc) is 2.73. The van der Waals surface area contributed by atoms with Crippen LogP contribution in [-0.2, 0) is 22.4 Å². The minimum absolute atomic E-state index is 0.330. The number of hydrogen-bond donors (Lipinski definition) is 0. The molecule has 0 amide bonds. The number of carbonyl (C=O) groups excluding carboxylic acids is 2. The predicted octanol–water partition coefficient (Wildman–Crippen LogP) is 5.93. The van der Waals surface area contributed by atoms with Crippen LogP contribution in [0.3, 0.4) is 0 Å². The van der Waals surface area contributed by atoms with Gasteiger partial charge in [0.2, 0.25) is 0 Å². The van der Waals surface area contributed by atoms with E-state index in [1.807, 2.05) is 24.3 Å². The second-order valence-corrected chi connectivity index (χ2v) is 8.62. The number of rotatable bonds is 7. The van der Waals surface area contributed by atoms with Crippen LogP contribution in [0.15, 0.2) is 59.6 Å². The fourth-order valence-electron chi connectivity index (χ4n) is 3.28. The molecule has 0 unspecified atom stereocenters. The highest BCUT2D eigenvalue weighted by Crippen LogP contribution is 2.45. The summed E-state index contributed by atoms with van der Waals surface area (Å²) in [4.78, 5) is 26.0. The van der Waals surface area contributed by atoms with E-state index in [0.717, 1.165) is 34.1 Å². The molecule has 1 aliphatic rings. The number of esters is 2. The van der Waals surface area contributed by atoms with E-state index in [-0.39, 0.29) is 0 Å². The summed E-state index contributed by atoms with van der Waals surface area (Å²) < 4.78 is 11.6. The zero-order chi connectivity index (χ0) is 21.8. The van der Waals surface area contributed by atoms with Crippen molar-refractivity contribution < 1.29 is 19.1 Å². The van der Waals surface area contributed by atoms with Crippen LogP contribution in [0, 0.1) is 0 Å². The fraction of sp³-hybridized carbons (Fsp3) is 0.280. The fourth-order valence-corrected chi connectivity index (χ4v) is 4.19. The van der Waals surface area contributed by atoms with E-state index in [0.29, 0.717) is 35.5 Å². The second kappa shape index (κ2) is 9.35. The van der Waals surface area contributed by atoms with Gasteiger partial charge >= 0.3 is 11.9 Å². The lowest BCUT2D eigenvalue weighted by molar-refractivity contribution is -0.131. The van der Waals surface area contributed by atoms with Gasteiger partial charge in [-0.2, -0.15) is 0 Å². The Bertz CT molecular complexity index is 1080. The van der Waals surface area contributed by atoms with Crippen LogP contribution in [0.2, 0.25) is 0 Å². The molecule has 30 heavy (non-hydrogen) atoms. The van der Waals surface area contributed by atoms with E-state index in [2.05, 4.69) is 26.2 Å². The van der Waals surface area contributed by atoms with Gasteiger partial charge in [-0.25, -0.2) is 9.59 Å². The smallest absolute Gasteiger partial charge is 0.338 e. The predicted molar refractivity (Wildman–Crippen MR) is 123 cm³/mol. The number of ether oxygens (including phenoxy) is 2. The maximum atomic E-state index is 12.4. The van der Waals surface area contributed by atoms with E-state index in [4.69, 9.17) is 9.47 Å². The van der Waals surface area contributed by atoms with Gasteiger partial charge in [-0.1, -0.05) is 50.4 Å². The molecular weight excluding hydrogens is 396 g/mol. The van der Waals surface area contributed by atoms with Crippen LogP contribution in [0.5, 0.6) is 11.5 Å². The summed E-state index contributed by atoms with van der Waals surface area (Å²) >= 11 is 1.81. The molecule has 0 saturated heterocycles. The summed E-state index contributed by atoms with van der Waals surface area (Å²) in [7, 11) is 0. The van der Waals surface area contributed by atoms with Crippen molar-refractivity contribution in [3.8, 4) is 11.5 Å². The number of fused-ring (bicyclic) bond motifs is 2. The third-order valence-electron chi connectivity index (χ3n) is 4.79. The molecule has 1 aliphatic carbocycles. The maximum Gasteiger partial charge on any atom is 0.338 e. The summed E-state index contributed by atoms with van der Waals surface area (Å²) in [6.07, 6.45) is 4.47. The molecular formula is C25H26O4S. The van der Waals surface area contributed by atoms with Crippen LogP contribution in [0.25, 0.3) is 10.8 Å². The van der Waals surface area contributed by atoms with Crippen molar-refractivity contribution in [3.05, 3.63) is 70.7 Å². The molecule has 0 saturated carbocycles. The normalized spacial score (nSPS) is 12.7. The number of carbonyl (C=O) groups is 2. The monoisotopic (exact) mass is 422 g/mol. The molecule has 0 radical (unpaired) electrons. The van der Waals surface area contributed by atoms with E-state index < -0.39 is 11.9 Å². The van der Waals surface area contributed by atoms with Gasteiger partial charge in [-0.3, -0.25) is 0 Å². The lowest BCUT2D eigenvalue weighted by atomic mass is 9.90. The van der Waals surface area contributed by atoms with Crippen molar-refractivity contribution in [2.45, 2.75) is 40.0 Å². The van der Waals surface area contributed by atoms with E-state index in [9.17, 15) is 9.59 Å². The Morgan fingerprint density at radius 1 is 0.967 bits per heavy atom. The molecule has 2 aromatic carbocycles. The molecule has 3 rings (SSSR count). The highest BCUT2D eigenvalue weighted by atomic mass is 32.2. The quantitative estimate of drug-likeness (QED) is 0.314. The van der Waals surface area contributed by atoms with Gasteiger partial charge in [0.1, 0.15) is 11.5 Å². The summed E-state index contributed by atoms with van der Waals surface area (Å²) in [5.74, 6) is 1.12. The average molecular weight is 423 g/mol. The highest BCUT2D eigenvalue weighted by Gasteiger charge is 2.27. The highest BCUT2D eigenvalue weighted by molar-refractivity contribution is 8.03. The minimum Gasteiger partial charge on any atom is -0.422 e. The summed E-state index contributed by atoms with van der Waals surface area (Å²) in [6, 6.07) is 7.51. The van der Waals surface area contributed by atoms with E-state index in [1.54, 1.807) is 25.6 Å². The summed E-state index contributed by atoms with van der Waals surface area (Å²) in [6.45, 7) is 12.8. The summed E-state index contributed by atoms with van der Waals surface area (Å²) in [5, 5.41) is 1.46. The molecule has 0 spiro atoms. The first-order valence-corrected chi connectivity index (χ1v) is 11.0. The molecule has 156 valence electrons. The van der Waals surface area contributed by atoms with Crippen molar-refractivity contribution in [2.75, 3.05) is 5.75 Å². The molecule has 0 atom stereocenters. The number of benzene rings is 2. The molecule has 0 bridgehead atoms. The Hall–Kier alpha value is -2.79. The zero-order valence-corrected chi connectivity index (χ0v) is 18.5. The number of allylic oxidation sites excluding steroid dienone is 2. The van der Waals surface area contributed by atoms with Crippen molar-refractivity contribution in [3.63, 3.8) is 0 Å². The molecule has 0 heterocycles. The Morgan fingerprint density at radius 2 is 1.50 bits per heavy atom. The molecule has 0 N–H and O–H groups in total. The number of hydrogen-bond acceptors (Lipinski definition) is 5. The molecule has 5 heteroatoms. The van der Waals surface area contributed by atoms with Gasteiger partial charge in [-0.05, 0) is 37.3 Å². The zero-order valence-electron chi connectivity index (χ0n) is 17.7. The van der Waals surface area contributed by atoms with Crippen LogP contribution >= 0.6 is 11.8 Å². The molecule has 0 fully saturated rings. The maximum absolute atomic E-state index is 12.4. The second-order valence-electron chi connectivity index (χ2n) is 7.40. The minimum atomic E-state index is -0.468. The van der Waals surface area contributed by atoms with Gasteiger partial charge in [0.05, 0.1) is 0 Å². The Labute approximate surface area is 181 Å². The van der Waals surface area contributed by atoms with Gasteiger partial charge < -0.3 is 9.47 Å². The molecule has 0 aliphatic heterocycles. The van der Waals surface area contributed by atoms with Crippen molar-refractivity contribution in [1.29, 1.82) is 0 Å². The Balaban J connectivity index is 2.22. The summed E-state index contributed by atoms with van der Waals surface area (Å²) in [5.41, 5.74) is 2.41. The van der Waals surface area contributed by atoms with Crippen LogP contribution in [-0.4, -0.2) is 17.7 Å². The largest absolute Gasteiger partial charge is 0.422 e. The van der Waals surface area contributed by atoms with Gasteiger partial charge in [0.15, 0.2) is 0 Å².